The van der Waals surface area contributed by atoms with Crippen LogP contribution in [-0.4, -0.2) is 26.6 Å². The maximum Gasteiger partial charge on any atom is 0.112 e. The van der Waals surface area contributed by atoms with Gasteiger partial charge in [0.25, 0.3) is 0 Å². The van der Waals surface area contributed by atoms with Crippen LogP contribution >= 0.6 is 0 Å². The molecular weight excluding hydrogens is 128 g/mol. The monoisotopic (exact) mass is 143 g/mol. The lowest BCUT2D eigenvalue weighted by Crippen LogP contribution is -2.31. The smallest absolute Gasteiger partial charge is 0.112 e. The minimum Gasteiger partial charge on any atom is -0.312 e. The minimum absolute atomic E-state index is 0.227. The number of rotatable bonds is 5. The average Bonchev–Trinajstić information content (AvgIpc) is 1.99. The number of hydrogen-bond donors (Lipinski definition) is 1. The zero-order valence-corrected chi connectivity index (χ0v) is 6.73. The number of hydrogen-bond acceptors (Lipinski definition) is 1. The van der Waals surface area contributed by atoms with Crippen LogP contribution in [0.25, 0.3) is 0 Å². The Balaban J connectivity index is 3.17. The van der Waals surface area contributed by atoms with E-state index in [-0.39, 0.29) is 6.04 Å². The Morgan fingerprint density at radius 3 is 2.60 bits per heavy atom. The SMILES string of the molecule is [B]CC(C)NCC(F)CC. The molecule has 0 bridgehead atoms. The van der Waals surface area contributed by atoms with Gasteiger partial charge in [0, 0.05) is 6.54 Å². The zero-order valence-electron chi connectivity index (χ0n) is 6.73. The molecule has 3 heteroatoms. The first-order valence-electron chi connectivity index (χ1n) is 3.78. The summed E-state index contributed by atoms with van der Waals surface area (Å²) in [4.78, 5) is 0. The standard InChI is InChI=1S/C7H15BFN/c1-3-7(9)5-10-6(2)4-8/h6-7,10H,3-5H2,1-2H3. The second-order valence-electron chi connectivity index (χ2n) is 2.55. The summed E-state index contributed by atoms with van der Waals surface area (Å²) in [7, 11) is 5.31. The van der Waals surface area contributed by atoms with E-state index in [9.17, 15) is 4.39 Å². The fourth-order valence-corrected chi connectivity index (χ4v) is 0.557. The van der Waals surface area contributed by atoms with Gasteiger partial charge in [0.05, 0.1) is 7.85 Å². The van der Waals surface area contributed by atoms with Crippen LogP contribution < -0.4 is 5.32 Å². The Kier molecular flexibility index (Phi) is 5.69. The van der Waals surface area contributed by atoms with Crippen molar-refractivity contribution >= 4 is 7.85 Å². The molecule has 1 N–H and O–H groups in total. The summed E-state index contributed by atoms with van der Waals surface area (Å²) in [5.41, 5.74) is 0. The third-order valence-electron chi connectivity index (χ3n) is 1.48. The van der Waals surface area contributed by atoms with E-state index in [1.54, 1.807) is 0 Å². The molecule has 0 aliphatic carbocycles. The van der Waals surface area contributed by atoms with Gasteiger partial charge in [-0.2, -0.15) is 0 Å². The molecule has 0 aromatic carbocycles. The highest BCUT2D eigenvalue weighted by Crippen LogP contribution is 1.95. The molecular formula is C7H15BFN. The highest BCUT2D eigenvalue weighted by Gasteiger charge is 2.03. The summed E-state index contributed by atoms with van der Waals surface area (Å²) in [5.74, 6) is 0. The molecule has 0 aliphatic heterocycles. The fourth-order valence-electron chi connectivity index (χ4n) is 0.557. The summed E-state index contributed by atoms with van der Waals surface area (Å²) in [6.07, 6.45) is 0.412. The lowest BCUT2D eigenvalue weighted by atomic mass is 9.98. The van der Waals surface area contributed by atoms with Crippen LogP contribution in [0.4, 0.5) is 4.39 Å². The molecule has 2 unspecified atom stereocenters. The van der Waals surface area contributed by atoms with E-state index in [1.807, 2.05) is 13.8 Å². The van der Waals surface area contributed by atoms with Gasteiger partial charge in [0.2, 0.25) is 0 Å². The predicted molar refractivity (Wildman–Crippen MR) is 43.2 cm³/mol. The molecule has 0 aliphatic rings. The van der Waals surface area contributed by atoms with Crippen LogP contribution in [0.5, 0.6) is 0 Å². The van der Waals surface area contributed by atoms with Crippen LogP contribution in [0.1, 0.15) is 20.3 Å². The van der Waals surface area contributed by atoms with Gasteiger partial charge in [-0.05, 0) is 12.5 Å². The quantitative estimate of drug-likeness (QED) is 0.572. The van der Waals surface area contributed by atoms with Crippen molar-refractivity contribution in [2.24, 2.45) is 0 Å². The van der Waals surface area contributed by atoms with E-state index in [2.05, 4.69) is 5.32 Å². The second kappa shape index (κ2) is 5.72. The van der Waals surface area contributed by atoms with Crippen molar-refractivity contribution in [2.45, 2.75) is 38.8 Å². The molecule has 0 saturated heterocycles. The summed E-state index contributed by atoms with van der Waals surface area (Å²) >= 11 is 0. The van der Waals surface area contributed by atoms with Gasteiger partial charge in [-0.1, -0.05) is 20.2 Å². The Morgan fingerprint density at radius 1 is 1.60 bits per heavy atom. The van der Waals surface area contributed by atoms with E-state index in [0.29, 0.717) is 19.3 Å². The molecule has 2 radical (unpaired) electrons. The number of alkyl halides is 1. The molecule has 0 aromatic rings. The van der Waals surface area contributed by atoms with E-state index >= 15 is 0 Å². The summed E-state index contributed by atoms with van der Waals surface area (Å²) in [6.45, 7) is 4.21. The normalized spacial score (nSPS) is 16.7. The van der Waals surface area contributed by atoms with Crippen LogP contribution in [-0.2, 0) is 0 Å². The first-order valence-corrected chi connectivity index (χ1v) is 3.78. The lowest BCUT2D eigenvalue weighted by molar-refractivity contribution is 0.303. The minimum atomic E-state index is -0.728. The second-order valence-corrected chi connectivity index (χ2v) is 2.55. The van der Waals surface area contributed by atoms with Gasteiger partial charge in [-0.25, -0.2) is 4.39 Å². The summed E-state index contributed by atoms with van der Waals surface area (Å²) in [5, 5.41) is 2.98. The van der Waals surface area contributed by atoms with Crippen LogP contribution in [0.15, 0.2) is 0 Å². The van der Waals surface area contributed by atoms with Crippen molar-refractivity contribution in [3.8, 4) is 0 Å². The van der Waals surface area contributed by atoms with E-state index in [4.69, 9.17) is 7.85 Å². The molecule has 1 nitrogen and oxygen atoms in total. The molecule has 0 spiro atoms. The van der Waals surface area contributed by atoms with Crippen LogP contribution in [0.3, 0.4) is 0 Å². The Hall–Kier alpha value is -0.0451. The molecule has 10 heavy (non-hydrogen) atoms. The van der Waals surface area contributed by atoms with Gasteiger partial charge in [0.15, 0.2) is 0 Å². The lowest BCUT2D eigenvalue weighted by Gasteiger charge is -2.12. The molecule has 0 amide bonds. The molecule has 0 heterocycles. The maximum atomic E-state index is 12.5. The van der Waals surface area contributed by atoms with E-state index in [1.165, 1.54) is 0 Å². The molecule has 0 saturated carbocycles. The van der Waals surface area contributed by atoms with Crippen molar-refractivity contribution in [3.05, 3.63) is 0 Å². The molecule has 2 atom stereocenters. The third kappa shape index (κ3) is 4.80. The Bertz CT molecular complexity index is 70.0. The number of halogens is 1. The highest BCUT2D eigenvalue weighted by molar-refractivity contribution is 6.08. The zero-order chi connectivity index (χ0) is 7.98. The topological polar surface area (TPSA) is 12.0 Å². The molecule has 58 valence electrons. The molecule has 0 aromatic heterocycles. The van der Waals surface area contributed by atoms with Gasteiger partial charge in [-0.15, -0.1) is 0 Å². The van der Waals surface area contributed by atoms with Gasteiger partial charge >= 0.3 is 0 Å². The first-order chi connectivity index (χ1) is 4.70. The third-order valence-corrected chi connectivity index (χ3v) is 1.48. The summed E-state index contributed by atoms with van der Waals surface area (Å²) < 4.78 is 12.5. The average molecular weight is 143 g/mol. The van der Waals surface area contributed by atoms with Gasteiger partial charge in [-0.3, -0.25) is 0 Å². The Labute approximate surface area is 63.8 Å². The largest absolute Gasteiger partial charge is 0.312 e. The van der Waals surface area contributed by atoms with Crippen LogP contribution in [0, 0.1) is 0 Å². The van der Waals surface area contributed by atoms with Crippen molar-refractivity contribution < 1.29 is 4.39 Å². The van der Waals surface area contributed by atoms with Crippen molar-refractivity contribution in [3.63, 3.8) is 0 Å². The molecule has 0 fully saturated rings. The summed E-state index contributed by atoms with van der Waals surface area (Å²) in [6, 6.07) is 0.227. The maximum absolute atomic E-state index is 12.5. The van der Waals surface area contributed by atoms with Gasteiger partial charge in [0.1, 0.15) is 6.17 Å². The van der Waals surface area contributed by atoms with Gasteiger partial charge < -0.3 is 5.32 Å². The fraction of sp³-hybridized carbons (Fsp3) is 1.00. The van der Waals surface area contributed by atoms with Crippen LogP contribution in [0.2, 0.25) is 6.32 Å². The van der Waals surface area contributed by atoms with E-state index in [0.717, 1.165) is 0 Å². The number of nitrogens with one attached hydrogen (secondary N) is 1. The predicted octanol–water partition coefficient (Wildman–Crippen LogP) is 1.30. The highest BCUT2D eigenvalue weighted by atomic mass is 19.1. The van der Waals surface area contributed by atoms with E-state index < -0.39 is 6.17 Å². The van der Waals surface area contributed by atoms with Crippen molar-refractivity contribution in [2.75, 3.05) is 6.54 Å². The molecule has 0 rings (SSSR count). The van der Waals surface area contributed by atoms with Crippen molar-refractivity contribution in [1.82, 2.24) is 5.32 Å². The Morgan fingerprint density at radius 2 is 2.20 bits per heavy atom. The van der Waals surface area contributed by atoms with Crippen molar-refractivity contribution in [1.29, 1.82) is 0 Å². The first kappa shape index (κ1) is 9.95.